The lowest BCUT2D eigenvalue weighted by Crippen LogP contribution is -2.04. The number of ether oxygens (including phenoxy) is 1. The van der Waals surface area contributed by atoms with E-state index < -0.39 is 0 Å². The number of allylic oxidation sites excluding steroid dienone is 1. The summed E-state index contributed by atoms with van der Waals surface area (Å²) in [6, 6.07) is 0. The molecule has 0 aliphatic heterocycles. The molecule has 0 aromatic carbocycles. The molecule has 0 aliphatic carbocycles. The third-order valence-electron chi connectivity index (χ3n) is 2.76. The summed E-state index contributed by atoms with van der Waals surface area (Å²) >= 11 is 0. The average Bonchev–Trinajstić information content (AvgIpc) is 2.34. The maximum Gasteiger partial charge on any atom is 0.305 e. The molecular formula is C15H28O2. The average molecular weight is 240 g/mol. The normalized spacial score (nSPS) is 10.2. The number of hydrogen-bond acceptors (Lipinski definition) is 2. The van der Waals surface area contributed by atoms with Gasteiger partial charge in [-0.3, -0.25) is 4.79 Å². The molecule has 17 heavy (non-hydrogen) atoms. The summed E-state index contributed by atoms with van der Waals surface area (Å²) in [5, 5.41) is 0. The number of rotatable bonds is 12. The van der Waals surface area contributed by atoms with E-state index in [2.05, 4.69) is 6.58 Å². The number of carbonyl (C=O) groups is 1. The fraction of sp³-hybridized carbons (Fsp3) is 0.800. The van der Waals surface area contributed by atoms with Gasteiger partial charge < -0.3 is 4.74 Å². The van der Waals surface area contributed by atoms with Crippen LogP contribution in [0.5, 0.6) is 0 Å². The maximum absolute atomic E-state index is 11.2. The molecule has 0 radical (unpaired) electrons. The highest BCUT2D eigenvalue weighted by atomic mass is 16.5. The van der Waals surface area contributed by atoms with Crippen molar-refractivity contribution in [1.29, 1.82) is 0 Å². The SMILES string of the molecule is C=CCCCCCCCCCC(=O)OCCC. The van der Waals surface area contributed by atoms with E-state index in [1.807, 2.05) is 13.0 Å². The van der Waals surface area contributed by atoms with Crippen molar-refractivity contribution in [2.75, 3.05) is 6.61 Å². The van der Waals surface area contributed by atoms with Gasteiger partial charge in [0.2, 0.25) is 0 Å². The molecule has 0 saturated carbocycles. The van der Waals surface area contributed by atoms with Gasteiger partial charge in [0, 0.05) is 6.42 Å². The first-order valence-corrected chi connectivity index (χ1v) is 7.07. The Balaban J connectivity index is 3.07. The van der Waals surface area contributed by atoms with Gasteiger partial charge in [-0.25, -0.2) is 0 Å². The number of carbonyl (C=O) groups excluding carboxylic acids is 1. The highest BCUT2D eigenvalue weighted by molar-refractivity contribution is 5.69. The minimum absolute atomic E-state index is 0.0298. The summed E-state index contributed by atoms with van der Waals surface area (Å²) < 4.78 is 5.01. The van der Waals surface area contributed by atoms with Crippen molar-refractivity contribution >= 4 is 5.97 Å². The second kappa shape index (κ2) is 13.3. The first-order chi connectivity index (χ1) is 8.31. The minimum atomic E-state index is -0.0298. The lowest BCUT2D eigenvalue weighted by molar-refractivity contribution is -0.143. The lowest BCUT2D eigenvalue weighted by atomic mass is 10.1. The molecule has 0 aliphatic rings. The predicted molar refractivity (Wildman–Crippen MR) is 73.0 cm³/mol. The van der Waals surface area contributed by atoms with Gasteiger partial charge in [0.25, 0.3) is 0 Å². The summed E-state index contributed by atoms with van der Waals surface area (Å²) in [6.45, 7) is 6.30. The molecular weight excluding hydrogens is 212 g/mol. The van der Waals surface area contributed by atoms with E-state index in [1.165, 1.54) is 32.1 Å². The van der Waals surface area contributed by atoms with E-state index in [0.717, 1.165) is 25.7 Å². The summed E-state index contributed by atoms with van der Waals surface area (Å²) in [5.41, 5.74) is 0. The number of esters is 1. The van der Waals surface area contributed by atoms with Gasteiger partial charge in [0.15, 0.2) is 0 Å². The van der Waals surface area contributed by atoms with E-state index in [1.54, 1.807) is 0 Å². The van der Waals surface area contributed by atoms with Crippen LogP contribution in [0.2, 0.25) is 0 Å². The Hall–Kier alpha value is -0.790. The van der Waals surface area contributed by atoms with Crippen molar-refractivity contribution in [1.82, 2.24) is 0 Å². The van der Waals surface area contributed by atoms with Crippen LogP contribution in [0.3, 0.4) is 0 Å². The van der Waals surface area contributed by atoms with E-state index in [-0.39, 0.29) is 5.97 Å². The molecule has 0 saturated heterocycles. The molecule has 2 heteroatoms. The fourth-order valence-corrected chi connectivity index (χ4v) is 1.73. The van der Waals surface area contributed by atoms with Crippen LogP contribution < -0.4 is 0 Å². The zero-order chi connectivity index (χ0) is 12.8. The molecule has 0 bridgehead atoms. The molecule has 100 valence electrons. The maximum atomic E-state index is 11.2. The van der Waals surface area contributed by atoms with Gasteiger partial charge in [-0.2, -0.15) is 0 Å². The van der Waals surface area contributed by atoms with Gasteiger partial charge in [-0.1, -0.05) is 45.1 Å². The van der Waals surface area contributed by atoms with Crippen LogP contribution in [0.4, 0.5) is 0 Å². The third kappa shape index (κ3) is 13.1. The summed E-state index contributed by atoms with van der Waals surface area (Å²) in [5.74, 6) is -0.0298. The van der Waals surface area contributed by atoms with Gasteiger partial charge in [0.1, 0.15) is 0 Å². The first-order valence-electron chi connectivity index (χ1n) is 7.07. The Morgan fingerprint density at radius 1 is 1.06 bits per heavy atom. The Kier molecular flexibility index (Phi) is 12.7. The number of hydrogen-bond donors (Lipinski definition) is 0. The van der Waals surface area contributed by atoms with E-state index in [4.69, 9.17) is 4.74 Å². The van der Waals surface area contributed by atoms with E-state index >= 15 is 0 Å². The quantitative estimate of drug-likeness (QED) is 0.282. The van der Waals surface area contributed by atoms with Crippen LogP contribution in [-0.2, 0) is 9.53 Å². The second-order valence-corrected chi connectivity index (χ2v) is 4.52. The van der Waals surface area contributed by atoms with E-state index in [9.17, 15) is 4.79 Å². The van der Waals surface area contributed by atoms with Crippen LogP contribution in [0.25, 0.3) is 0 Å². The van der Waals surface area contributed by atoms with Gasteiger partial charge in [-0.05, 0) is 25.7 Å². The lowest BCUT2D eigenvalue weighted by Gasteiger charge is -2.03. The molecule has 0 unspecified atom stereocenters. The molecule has 0 aromatic heterocycles. The van der Waals surface area contributed by atoms with Gasteiger partial charge in [0.05, 0.1) is 6.61 Å². The summed E-state index contributed by atoms with van der Waals surface area (Å²) in [7, 11) is 0. The smallest absolute Gasteiger partial charge is 0.305 e. The van der Waals surface area contributed by atoms with Crippen molar-refractivity contribution < 1.29 is 9.53 Å². The summed E-state index contributed by atoms with van der Waals surface area (Å²) in [6.07, 6.45) is 13.2. The Morgan fingerprint density at radius 2 is 1.65 bits per heavy atom. The van der Waals surface area contributed by atoms with Crippen LogP contribution in [0, 0.1) is 0 Å². The number of unbranched alkanes of at least 4 members (excludes halogenated alkanes) is 7. The molecule has 0 rings (SSSR count). The molecule has 0 N–H and O–H groups in total. The molecule has 0 atom stereocenters. The molecule has 0 amide bonds. The third-order valence-corrected chi connectivity index (χ3v) is 2.76. The molecule has 0 spiro atoms. The predicted octanol–water partition coefficient (Wildman–Crippen LogP) is 4.64. The van der Waals surface area contributed by atoms with Crippen LogP contribution in [0.15, 0.2) is 12.7 Å². The topological polar surface area (TPSA) is 26.3 Å². The Labute approximate surface area is 106 Å². The zero-order valence-electron chi connectivity index (χ0n) is 11.4. The van der Waals surface area contributed by atoms with Gasteiger partial charge >= 0.3 is 5.97 Å². The minimum Gasteiger partial charge on any atom is -0.466 e. The zero-order valence-corrected chi connectivity index (χ0v) is 11.4. The van der Waals surface area contributed by atoms with E-state index in [0.29, 0.717) is 13.0 Å². The molecule has 0 heterocycles. The Bertz CT molecular complexity index is 187. The summed E-state index contributed by atoms with van der Waals surface area (Å²) in [4.78, 5) is 11.2. The highest BCUT2D eigenvalue weighted by Gasteiger charge is 2.01. The molecule has 2 nitrogen and oxygen atoms in total. The van der Waals surface area contributed by atoms with Crippen LogP contribution in [-0.4, -0.2) is 12.6 Å². The van der Waals surface area contributed by atoms with Crippen LogP contribution >= 0.6 is 0 Å². The fourth-order valence-electron chi connectivity index (χ4n) is 1.73. The van der Waals surface area contributed by atoms with Crippen molar-refractivity contribution in [3.05, 3.63) is 12.7 Å². The molecule has 0 aromatic rings. The molecule has 0 fully saturated rings. The monoisotopic (exact) mass is 240 g/mol. The second-order valence-electron chi connectivity index (χ2n) is 4.52. The van der Waals surface area contributed by atoms with Crippen molar-refractivity contribution in [2.24, 2.45) is 0 Å². The van der Waals surface area contributed by atoms with Crippen molar-refractivity contribution in [2.45, 2.75) is 71.1 Å². The Morgan fingerprint density at radius 3 is 2.24 bits per heavy atom. The highest BCUT2D eigenvalue weighted by Crippen LogP contribution is 2.10. The van der Waals surface area contributed by atoms with Gasteiger partial charge in [-0.15, -0.1) is 6.58 Å². The van der Waals surface area contributed by atoms with Crippen molar-refractivity contribution in [3.8, 4) is 0 Å². The van der Waals surface area contributed by atoms with Crippen molar-refractivity contribution in [3.63, 3.8) is 0 Å². The first kappa shape index (κ1) is 16.2. The largest absolute Gasteiger partial charge is 0.466 e. The van der Waals surface area contributed by atoms with Crippen LogP contribution in [0.1, 0.15) is 71.1 Å². The standard InChI is InChI=1S/C15H28O2/c1-3-5-6-7-8-9-10-11-12-13-15(16)17-14-4-2/h3H,1,4-14H2,2H3.